The summed E-state index contributed by atoms with van der Waals surface area (Å²) in [6.45, 7) is 2.88. The van der Waals surface area contributed by atoms with E-state index in [2.05, 4.69) is 5.32 Å². The fourth-order valence-electron chi connectivity index (χ4n) is 1.21. The minimum atomic E-state index is 0.0351. The fraction of sp³-hybridized carbons (Fsp3) is 0.857. The molecular weight excluding hydrogens is 142 g/mol. The van der Waals surface area contributed by atoms with Crippen molar-refractivity contribution in [2.75, 3.05) is 26.2 Å². The van der Waals surface area contributed by atoms with Gasteiger partial charge in [0.15, 0.2) is 0 Å². The van der Waals surface area contributed by atoms with Crippen LogP contribution in [0.2, 0.25) is 0 Å². The maximum Gasteiger partial charge on any atom is 0.317 e. The topological polar surface area (TPSA) is 58.4 Å². The molecule has 0 aromatic heterocycles. The molecule has 0 aliphatic carbocycles. The first-order chi connectivity index (χ1) is 5.34. The van der Waals surface area contributed by atoms with Gasteiger partial charge < -0.3 is 16.0 Å². The van der Waals surface area contributed by atoms with Crippen LogP contribution < -0.4 is 11.1 Å². The van der Waals surface area contributed by atoms with Gasteiger partial charge in [-0.1, -0.05) is 0 Å². The molecule has 0 spiro atoms. The minimum Gasteiger partial charge on any atom is -0.338 e. The van der Waals surface area contributed by atoms with Crippen molar-refractivity contribution in [2.24, 2.45) is 5.73 Å². The highest BCUT2D eigenvalue weighted by atomic mass is 16.2. The molecular formula is C7H15N3O. The van der Waals surface area contributed by atoms with Gasteiger partial charge in [-0.2, -0.15) is 0 Å². The van der Waals surface area contributed by atoms with Crippen LogP contribution >= 0.6 is 0 Å². The molecule has 0 atom stereocenters. The largest absolute Gasteiger partial charge is 0.338 e. The number of carbonyl (C=O) groups excluding carboxylic acids is 1. The molecule has 1 aliphatic heterocycles. The summed E-state index contributed by atoms with van der Waals surface area (Å²) in [4.78, 5) is 12.9. The molecule has 0 bridgehead atoms. The van der Waals surface area contributed by atoms with Gasteiger partial charge in [0, 0.05) is 26.2 Å². The second kappa shape index (κ2) is 4.18. The van der Waals surface area contributed by atoms with E-state index in [0.717, 1.165) is 25.9 Å². The predicted molar refractivity (Wildman–Crippen MR) is 43.3 cm³/mol. The van der Waals surface area contributed by atoms with Gasteiger partial charge in [-0.15, -0.1) is 0 Å². The van der Waals surface area contributed by atoms with E-state index in [1.807, 2.05) is 0 Å². The fourth-order valence-corrected chi connectivity index (χ4v) is 1.21. The number of amides is 2. The highest BCUT2D eigenvalue weighted by Crippen LogP contribution is 1.99. The summed E-state index contributed by atoms with van der Waals surface area (Å²) in [6.07, 6.45) is 2.16. The zero-order valence-electron chi connectivity index (χ0n) is 6.68. The second-order valence-electron chi connectivity index (χ2n) is 2.71. The lowest BCUT2D eigenvalue weighted by Gasteiger charge is -2.18. The Morgan fingerprint density at radius 3 is 3.09 bits per heavy atom. The molecule has 1 fully saturated rings. The standard InChI is InChI=1S/C7H15N3O/c8-3-6-10-5-2-1-4-9-7(10)11/h1-6,8H2,(H,9,11). The number of nitrogens with one attached hydrogen (secondary N) is 1. The molecule has 11 heavy (non-hydrogen) atoms. The summed E-state index contributed by atoms with van der Waals surface area (Å²) in [5, 5.41) is 2.81. The highest BCUT2D eigenvalue weighted by Gasteiger charge is 2.13. The third kappa shape index (κ3) is 2.38. The molecule has 64 valence electrons. The molecule has 0 radical (unpaired) electrons. The summed E-state index contributed by atoms with van der Waals surface area (Å²) >= 11 is 0. The quantitative estimate of drug-likeness (QED) is 0.580. The Morgan fingerprint density at radius 1 is 1.55 bits per heavy atom. The number of hydrogen-bond acceptors (Lipinski definition) is 2. The van der Waals surface area contributed by atoms with Crippen LogP contribution in [0.15, 0.2) is 0 Å². The molecule has 1 rings (SSSR count). The average molecular weight is 157 g/mol. The number of urea groups is 1. The van der Waals surface area contributed by atoms with Gasteiger partial charge in [-0.3, -0.25) is 0 Å². The van der Waals surface area contributed by atoms with E-state index in [0.29, 0.717) is 13.1 Å². The van der Waals surface area contributed by atoms with Gasteiger partial charge >= 0.3 is 6.03 Å². The summed E-state index contributed by atoms with van der Waals surface area (Å²) in [7, 11) is 0. The van der Waals surface area contributed by atoms with Crippen LogP contribution in [0.25, 0.3) is 0 Å². The molecule has 0 saturated carbocycles. The van der Waals surface area contributed by atoms with Crippen molar-refractivity contribution >= 4 is 6.03 Å². The van der Waals surface area contributed by atoms with Gasteiger partial charge in [0.2, 0.25) is 0 Å². The lowest BCUT2D eigenvalue weighted by Crippen LogP contribution is -2.40. The Hall–Kier alpha value is -0.770. The van der Waals surface area contributed by atoms with E-state index in [-0.39, 0.29) is 6.03 Å². The number of carbonyl (C=O) groups is 1. The average Bonchev–Trinajstić information content (AvgIpc) is 2.18. The van der Waals surface area contributed by atoms with Crippen LogP contribution in [0.3, 0.4) is 0 Å². The van der Waals surface area contributed by atoms with E-state index < -0.39 is 0 Å². The lowest BCUT2D eigenvalue weighted by atomic mass is 10.3. The third-order valence-corrected chi connectivity index (χ3v) is 1.82. The van der Waals surface area contributed by atoms with Crippen LogP contribution in [0.5, 0.6) is 0 Å². The number of nitrogens with two attached hydrogens (primary N) is 1. The van der Waals surface area contributed by atoms with Gasteiger partial charge in [0.25, 0.3) is 0 Å². The molecule has 0 aromatic rings. The molecule has 4 heteroatoms. The molecule has 4 nitrogen and oxygen atoms in total. The molecule has 1 heterocycles. The summed E-state index contributed by atoms with van der Waals surface area (Å²) in [5.74, 6) is 0. The van der Waals surface area contributed by atoms with Gasteiger partial charge in [-0.05, 0) is 12.8 Å². The van der Waals surface area contributed by atoms with Crippen molar-refractivity contribution in [3.05, 3.63) is 0 Å². The first-order valence-electron chi connectivity index (χ1n) is 4.07. The van der Waals surface area contributed by atoms with Crippen molar-refractivity contribution in [1.82, 2.24) is 10.2 Å². The van der Waals surface area contributed by atoms with Crippen molar-refractivity contribution < 1.29 is 4.79 Å². The molecule has 3 N–H and O–H groups in total. The van der Waals surface area contributed by atoms with Crippen LogP contribution in [-0.2, 0) is 0 Å². The molecule has 1 aliphatic rings. The minimum absolute atomic E-state index is 0.0351. The smallest absolute Gasteiger partial charge is 0.317 e. The van der Waals surface area contributed by atoms with Crippen molar-refractivity contribution in [3.8, 4) is 0 Å². The number of nitrogens with zero attached hydrogens (tertiary/aromatic N) is 1. The normalized spacial score (nSPS) is 19.4. The van der Waals surface area contributed by atoms with Crippen LogP contribution in [0, 0.1) is 0 Å². The van der Waals surface area contributed by atoms with Gasteiger partial charge in [0.05, 0.1) is 0 Å². The molecule has 2 amide bonds. The Morgan fingerprint density at radius 2 is 2.36 bits per heavy atom. The molecule has 1 saturated heterocycles. The summed E-state index contributed by atoms with van der Waals surface area (Å²) in [6, 6.07) is 0.0351. The van der Waals surface area contributed by atoms with Crippen LogP contribution in [0.1, 0.15) is 12.8 Å². The first kappa shape index (κ1) is 8.33. The van der Waals surface area contributed by atoms with Crippen molar-refractivity contribution in [1.29, 1.82) is 0 Å². The van der Waals surface area contributed by atoms with Crippen molar-refractivity contribution in [2.45, 2.75) is 12.8 Å². The second-order valence-corrected chi connectivity index (χ2v) is 2.71. The van der Waals surface area contributed by atoms with Crippen LogP contribution in [0.4, 0.5) is 4.79 Å². The third-order valence-electron chi connectivity index (χ3n) is 1.82. The number of rotatable bonds is 2. The van der Waals surface area contributed by atoms with E-state index >= 15 is 0 Å². The van der Waals surface area contributed by atoms with E-state index in [1.165, 1.54) is 0 Å². The Kier molecular flexibility index (Phi) is 3.16. The van der Waals surface area contributed by atoms with Crippen molar-refractivity contribution in [3.63, 3.8) is 0 Å². The Balaban J connectivity index is 2.39. The monoisotopic (exact) mass is 157 g/mol. The van der Waals surface area contributed by atoms with E-state index in [1.54, 1.807) is 4.90 Å². The lowest BCUT2D eigenvalue weighted by molar-refractivity contribution is 0.204. The maximum absolute atomic E-state index is 11.2. The SMILES string of the molecule is NCCN1CCCCNC1=O. The first-order valence-corrected chi connectivity index (χ1v) is 4.07. The summed E-state index contributed by atoms with van der Waals surface area (Å²) < 4.78 is 0. The molecule has 0 aromatic carbocycles. The van der Waals surface area contributed by atoms with Crippen LogP contribution in [-0.4, -0.2) is 37.1 Å². The maximum atomic E-state index is 11.2. The van der Waals surface area contributed by atoms with Gasteiger partial charge in [0.1, 0.15) is 0 Å². The van der Waals surface area contributed by atoms with E-state index in [4.69, 9.17) is 5.73 Å². The van der Waals surface area contributed by atoms with E-state index in [9.17, 15) is 4.79 Å². The Bertz CT molecular complexity index is 138. The summed E-state index contributed by atoms with van der Waals surface area (Å²) in [5.41, 5.74) is 5.35. The zero-order chi connectivity index (χ0) is 8.10. The zero-order valence-corrected chi connectivity index (χ0v) is 6.68. The predicted octanol–water partition coefficient (Wildman–Crippen LogP) is -0.250. The Labute approximate surface area is 66.7 Å². The number of hydrogen-bond donors (Lipinski definition) is 2. The van der Waals surface area contributed by atoms with Gasteiger partial charge in [-0.25, -0.2) is 4.79 Å². The molecule has 0 unspecified atom stereocenters. The highest BCUT2D eigenvalue weighted by molar-refractivity contribution is 5.74.